The van der Waals surface area contributed by atoms with Gasteiger partial charge in [-0.3, -0.25) is 4.84 Å². The number of ether oxygens (including phenoxy) is 1. The minimum absolute atomic E-state index is 0.0120. The van der Waals surface area contributed by atoms with Gasteiger partial charge in [0.05, 0.1) is 0 Å². The first-order valence-electron chi connectivity index (χ1n) is 5.93. The van der Waals surface area contributed by atoms with Crippen LogP contribution in [0.3, 0.4) is 0 Å². The van der Waals surface area contributed by atoms with Crippen LogP contribution in [0.2, 0.25) is 0 Å². The molecule has 0 fully saturated rings. The smallest absolute Gasteiger partial charge is 0.435 e. The molecule has 0 N–H and O–H groups in total. The number of hydrogen-bond acceptors (Lipinski definition) is 4. The maximum absolute atomic E-state index is 12.0. The zero-order valence-corrected chi connectivity index (χ0v) is 13.8. The predicted octanol–water partition coefficient (Wildman–Crippen LogP) is 3.16. The van der Waals surface area contributed by atoms with E-state index in [0.717, 1.165) is 17.8 Å². The molecule has 5 nitrogen and oxygen atoms in total. The van der Waals surface area contributed by atoms with Crippen LogP contribution in [-0.2, 0) is 14.4 Å². The highest BCUT2D eigenvalue weighted by atomic mass is 127. The van der Waals surface area contributed by atoms with E-state index in [2.05, 4.69) is 0 Å². The second kappa shape index (κ2) is 7.93. The summed E-state index contributed by atoms with van der Waals surface area (Å²) in [4.78, 5) is 28.4. The van der Waals surface area contributed by atoms with E-state index in [-0.39, 0.29) is 10.5 Å². The van der Waals surface area contributed by atoms with Crippen molar-refractivity contribution >= 4 is 35.0 Å². The lowest BCUT2D eigenvalue weighted by Gasteiger charge is -2.31. The van der Waals surface area contributed by atoms with Crippen molar-refractivity contribution in [2.24, 2.45) is 5.92 Å². The van der Waals surface area contributed by atoms with Crippen molar-refractivity contribution in [3.63, 3.8) is 0 Å². The Labute approximate surface area is 122 Å². The van der Waals surface area contributed by atoms with Crippen molar-refractivity contribution in [1.82, 2.24) is 5.06 Å². The predicted molar refractivity (Wildman–Crippen MR) is 77.4 cm³/mol. The summed E-state index contributed by atoms with van der Waals surface area (Å²) in [7, 11) is 0. The molecule has 0 saturated heterocycles. The number of halogens is 1. The standard InChI is InChI=1S/C12H22INO4/c1-6-9(2)10(7-15)14(17-8-13)11(16)18-12(3,4)5/h7,9-10H,6,8H2,1-5H3. The van der Waals surface area contributed by atoms with Gasteiger partial charge in [-0.25, -0.2) is 4.79 Å². The highest BCUT2D eigenvalue weighted by molar-refractivity contribution is 14.1. The van der Waals surface area contributed by atoms with Crippen LogP contribution in [0, 0.1) is 5.92 Å². The Morgan fingerprint density at radius 3 is 2.33 bits per heavy atom. The van der Waals surface area contributed by atoms with Gasteiger partial charge in [0.25, 0.3) is 0 Å². The number of aldehydes is 1. The molecule has 0 rings (SSSR count). The van der Waals surface area contributed by atoms with Crippen molar-refractivity contribution in [1.29, 1.82) is 0 Å². The summed E-state index contributed by atoms with van der Waals surface area (Å²) in [6.45, 7) is 9.16. The van der Waals surface area contributed by atoms with Gasteiger partial charge >= 0.3 is 6.09 Å². The first kappa shape index (κ1) is 17.6. The molecule has 1 amide bonds. The number of nitrogens with zero attached hydrogens (tertiary/aromatic N) is 1. The van der Waals surface area contributed by atoms with Crippen molar-refractivity contribution < 1.29 is 19.2 Å². The van der Waals surface area contributed by atoms with Gasteiger partial charge < -0.3 is 9.53 Å². The number of carbonyl (C=O) groups excluding carboxylic acids is 2. The molecule has 2 atom stereocenters. The molecule has 0 spiro atoms. The summed E-state index contributed by atoms with van der Waals surface area (Å²) in [6, 6.07) is -0.625. The van der Waals surface area contributed by atoms with Crippen LogP contribution in [0.25, 0.3) is 0 Å². The molecule has 0 radical (unpaired) electrons. The molecule has 2 unspecified atom stereocenters. The van der Waals surface area contributed by atoms with Crippen molar-refractivity contribution in [3.8, 4) is 0 Å². The number of amides is 1. The highest BCUT2D eigenvalue weighted by Gasteiger charge is 2.32. The average molecular weight is 371 g/mol. The van der Waals surface area contributed by atoms with Crippen molar-refractivity contribution in [2.45, 2.75) is 52.7 Å². The van der Waals surface area contributed by atoms with E-state index >= 15 is 0 Å². The molecule has 0 bridgehead atoms. The van der Waals surface area contributed by atoms with Gasteiger partial charge in [-0.15, -0.1) is 0 Å². The van der Waals surface area contributed by atoms with Crippen LogP contribution in [0.5, 0.6) is 0 Å². The Morgan fingerprint density at radius 2 is 2.00 bits per heavy atom. The fourth-order valence-electron chi connectivity index (χ4n) is 1.28. The van der Waals surface area contributed by atoms with Crippen molar-refractivity contribution in [3.05, 3.63) is 0 Å². The first-order valence-corrected chi connectivity index (χ1v) is 7.45. The molecule has 0 aliphatic rings. The maximum Gasteiger partial charge on any atom is 0.435 e. The Morgan fingerprint density at radius 1 is 1.44 bits per heavy atom. The summed E-state index contributed by atoms with van der Waals surface area (Å²) in [5.74, 6) is 0.0120. The average Bonchev–Trinajstić information content (AvgIpc) is 2.26. The summed E-state index contributed by atoms with van der Waals surface area (Å²) < 4.78 is 5.51. The van der Waals surface area contributed by atoms with E-state index in [9.17, 15) is 9.59 Å². The molecule has 18 heavy (non-hydrogen) atoms. The third kappa shape index (κ3) is 5.99. The van der Waals surface area contributed by atoms with Gasteiger partial charge in [0.2, 0.25) is 0 Å². The van der Waals surface area contributed by atoms with E-state index in [1.807, 2.05) is 36.4 Å². The molecule has 0 aliphatic heterocycles. The zero-order valence-electron chi connectivity index (χ0n) is 11.6. The Bertz CT molecular complexity index is 278. The van der Waals surface area contributed by atoms with E-state index in [1.54, 1.807) is 20.8 Å². The molecular formula is C12H22INO4. The van der Waals surface area contributed by atoms with E-state index in [1.165, 1.54) is 0 Å². The zero-order chi connectivity index (χ0) is 14.3. The minimum atomic E-state index is -0.628. The monoisotopic (exact) mass is 371 g/mol. The third-order valence-electron chi connectivity index (χ3n) is 2.40. The SMILES string of the molecule is CCC(C)C(C=O)N(OCI)C(=O)OC(C)(C)C. The van der Waals surface area contributed by atoms with Crippen LogP contribution in [0.15, 0.2) is 0 Å². The number of hydroxylamine groups is 2. The number of hydrogen-bond donors (Lipinski definition) is 0. The van der Waals surface area contributed by atoms with Gasteiger partial charge in [0, 0.05) is 0 Å². The van der Waals surface area contributed by atoms with Crippen LogP contribution in [0.1, 0.15) is 41.0 Å². The first-order chi connectivity index (χ1) is 8.26. The fraction of sp³-hybridized carbons (Fsp3) is 0.833. The molecule has 0 aromatic heterocycles. The second-order valence-corrected chi connectivity index (χ2v) is 5.68. The molecule has 6 heteroatoms. The number of carbonyl (C=O) groups is 2. The van der Waals surface area contributed by atoms with Crippen LogP contribution in [0.4, 0.5) is 4.79 Å². The van der Waals surface area contributed by atoms with E-state index < -0.39 is 17.7 Å². The highest BCUT2D eigenvalue weighted by Crippen LogP contribution is 2.18. The lowest BCUT2D eigenvalue weighted by molar-refractivity contribution is -0.164. The molecule has 0 aromatic carbocycles. The summed E-state index contributed by atoms with van der Waals surface area (Å²) in [5, 5.41) is 1.04. The van der Waals surface area contributed by atoms with Crippen LogP contribution >= 0.6 is 22.6 Å². The van der Waals surface area contributed by atoms with Gasteiger partial charge in [0.15, 0.2) is 0 Å². The molecule has 0 saturated carbocycles. The van der Waals surface area contributed by atoms with Gasteiger partial charge in [-0.2, -0.15) is 5.06 Å². The summed E-state index contributed by atoms with van der Waals surface area (Å²) in [5.41, 5.74) is -0.618. The summed E-state index contributed by atoms with van der Waals surface area (Å²) in [6.07, 6.45) is 0.870. The van der Waals surface area contributed by atoms with Crippen LogP contribution < -0.4 is 0 Å². The van der Waals surface area contributed by atoms with Gasteiger partial charge in [0.1, 0.15) is 22.5 Å². The molecule has 0 heterocycles. The molecule has 0 aliphatic carbocycles. The fourth-order valence-corrected chi connectivity index (χ4v) is 1.58. The minimum Gasteiger partial charge on any atom is -0.442 e. The van der Waals surface area contributed by atoms with Crippen molar-refractivity contribution in [2.75, 3.05) is 4.61 Å². The number of rotatable bonds is 6. The Hall–Kier alpha value is -0.370. The number of alkyl halides is 1. The molecular weight excluding hydrogens is 349 g/mol. The third-order valence-corrected chi connectivity index (χ3v) is 2.68. The largest absolute Gasteiger partial charge is 0.442 e. The Balaban J connectivity index is 4.91. The van der Waals surface area contributed by atoms with E-state index in [0.29, 0.717) is 0 Å². The maximum atomic E-state index is 12.0. The quantitative estimate of drug-likeness (QED) is 0.312. The lowest BCUT2D eigenvalue weighted by Crippen LogP contribution is -2.46. The van der Waals surface area contributed by atoms with Gasteiger partial charge in [-0.1, -0.05) is 42.9 Å². The van der Waals surface area contributed by atoms with Gasteiger partial charge in [-0.05, 0) is 26.7 Å². The molecule has 106 valence electrons. The summed E-state index contributed by atoms with van der Waals surface area (Å²) >= 11 is 1.97. The topological polar surface area (TPSA) is 55.8 Å². The normalized spacial score (nSPS) is 14.8. The van der Waals surface area contributed by atoms with Crippen LogP contribution in [-0.4, -0.2) is 33.7 Å². The second-order valence-electron chi connectivity index (χ2n) is 5.06. The molecule has 0 aromatic rings. The Kier molecular flexibility index (Phi) is 7.77. The lowest BCUT2D eigenvalue weighted by atomic mass is 10.0. The van der Waals surface area contributed by atoms with E-state index in [4.69, 9.17) is 9.57 Å².